The Morgan fingerprint density at radius 1 is 1.64 bits per heavy atom. The van der Waals surface area contributed by atoms with Gasteiger partial charge in [0.05, 0.1) is 29.9 Å². The standard InChI is InChI=1S/C12H15N5O5/c13-11-5-1-2-15-10(5)9(12(14)16(11)17(20)21)7-3-6(19)8(4-18)22-7/h1-2,6-8,13,15,18-19H,3-4,14H2/t6-,7-,8+/m0/s1. The van der Waals surface area contributed by atoms with E-state index in [9.17, 15) is 15.2 Å². The number of rotatable bonds is 3. The first kappa shape index (κ1) is 14.5. The molecule has 0 aliphatic carbocycles. The Bertz CT molecular complexity index is 797. The number of ether oxygens (including phenoxy) is 1. The lowest BCUT2D eigenvalue weighted by molar-refractivity contribution is -0.543. The molecule has 0 amide bonds. The summed E-state index contributed by atoms with van der Waals surface area (Å²) < 4.78 is 6.02. The number of nitrogen functional groups attached to an aromatic ring is 1. The van der Waals surface area contributed by atoms with Crippen molar-refractivity contribution in [2.45, 2.75) is 24.7 Å². The van der Waals surface area contributed by atoms with Crippen LogP contribution in [-0.4, -0.2) is 43.7 Å². The van der Waals surface area contributed by atoms with Crippen LogP contribution in [0, 0.1) is 15.5 Å². The van der Waals surface area contributed by atoms with Crippen LogP contribution >= 0.6 is 0 Å². The molecule has 1 aliphatic heterocycles. The van der Waals surface area contributed by atoms with Crippen LogP contribution in [0.3, 0.4) is 0 Å². The molecule has 1 aliphatic rings. The number of pyridine rings is 1. The highest BCUT2D eigenvalue weighted by Crippen LogP contribution is 2.38. The summed E-state index contributed by atoms with van der Waals surface area (Å²) in [5.41, 5.74) is 6.30. The number of aliphatic hydroxyl groups excluding tert-OH is 2. The molecule has 1 saturated heterocycles. The maximum absolute atomic E-state index is 11.2. The van der Waals surface area contributed by atoms with Gasteiger partial charge >= 0.3 is 0 Å². The zero-order valence-electron chi connectivity index (χ0n) is 11.4. The van der Waals surface area contributed by atoms with Gasteiger partial charge in [0.15, 0.2) is 10.9 Å². The van der Waals surface area contributed by atoms with Crippen molar-refractivity contribution in [1.82, 2.24) is 9.66 Å². The number of aliphatic hydroxyl groups is 2. The minimum atomic E-state index is -0.890. The molecular weight excluding hydrogens is 294 g/mol. The van der Waals surface area contributed by atoms with Crippen molar-refractivity contribution in [2.24, 2.45) is 0 Å². The van der Waals surface area contributed by atoms with Gasteiger partial charge in [-0.3, -0.25) is 5.41 Å². The second kappa shape index (κ2) is 5.09. The Labute approximate surface area is 123 Å². The maximum Gasteiger partial charge on any atom is 0.203 e. The van der Waals surface area contributed by atoms with Crippen LogP contribution in [0.5, 0.6) is 0 Å². The van der Waals surface area contributed by atoms with Crippen LogP contribution in [0.15, 0.2) is 12.3 Å². The van der Waals surface area contributed by atoms with Crippen molar-refractivity contribution in [2.75, 3.05) is 12.3 Å². The Balaban J connectivity index is 2.24. The van der Waals surface area contributed by atoms with Crippen molar-refractivity contribution in [3.63, 3.8) is 0 Å². The van der Waals surface area contributed by atoms with E-state index >= 15 is 0 Å². The highest BCUT2D eigenvalue weighted by molar-refractivity contribution is 5.85. The van der Waals surface area contributed by atoms with Gasteiger partial charge in [0.25, 0.3) is 0 Å². The van der Waals surface area contributed by atoms with Crippen LogP contribution in [0.2, 0.25) is 0 Å². The summed E-state index contributed by atoms with van der Waals surface area (Å²) in [4.78, 5) is 14.1. The third kappa shape index (κ3) is 1.96. The van der Waals surface area contributed by atoms with Crippen molar-refractivity contribution >= 4 is 16.7 Å². The second-order valence-corrected chi connectivity index (χ2v) is 5.11. The quantitative estimate of drug-likeness (QED) is 0.370. The van der Waals surface area contributed by atoms with Gasteiger partial charge in [0.2, 0.25) is 5.49 Å². The molecular formula is C12H15N5O5. The van der Waals surface area contributed by atoms with E-state index in [1.54, 1.807) is 6.20 Å². The minimum absolute atomic E-state index is 0.151. The summed E-state index contributed by atoms with van der Waals surface area (Å²) in [6, 6.07) is 1.54. The van der Waals surface area contributed by atoms with Gasteiger partial charge in [0, 0.05) is 18.0 Å². The molecule has 0 unspecified atom stereocenters. The van der Waals surface area contributed by atoms with E-state index in [-0.39, 0.29) is 24.3 Å². The molecule has 6 N–H and O–H groups in total. The second-order valence-electron chi connectivity index (χ2n) is 5.11. The summed E-state index contributed by atoms with van der Waals surface area (Å²) in [7, 11) is 0. The van der Waals surface area contributed by atoms with E-state index in [1.165, 1.54) is 6.07 Å². The van der Waals surface area contributed by atoms with Crippen molar-refractivity contribution in [3.8, 4) is 0 Å². The maximum atomic E-state index is 11.2. The minimum Gasteiger partial charge on any atom is -0.394 e. The molecule has 0 radical (unpaired) electrons. The van der Waals surface area contributed by atoms with Crippen molar-refractivity contribution in [3.05, 3.63) is 33.4 Å². The van der Waals surface area contributed by atoms with Gasteiger partial charge in [-0.25, -0.2) is 10.1 Å². The summed E-state index contributed by atoms with van der Waals surface area (Å²) in [6.07, 6.45) is -0.669. The first-order chi connectivity index (χ1) is 10.5. The molecule has 2 aromatic rings. The number of nitrogens with two attached hydrogens (primary N) is 1. The number of H-pyrrole nitrogens is 1. The van der Waals surface area contributed by atoms with Gasteiger partial charge < -0.3 is 25.7 Å². The molecule has 0 bridgehead atoms. The van der Waals surface area contributed by atoms with Gasteiger partial charge in [-0.2, -0.15) is 0 Å². The molecule has 10 heteroatoms. The number of hydrogen-bond acceptors (Lipinski definition) is 7. The molecule has 22 heavy (non-hydrogen) atoms. The van der Waals surface area contributed by atoms with Gasteiger partial charge in [0.1, 0.15) is 6.10 Å². The normalized spacial score (nSPS) is 24.9. The molecule has 3 heterocycles. The number of nitrogens with one attached hydrogen (secondary N) is 2. The monoisotopic (exact) mass is 309 g/mol. The predicted molar refractivity (Wildman–Crippen MR) is 74.3 cm³/mol. The summed E-state index contributed by atoms with van der Waals surface area (Å²) in [6.45, 7) is -0.364. The van der Waals surface area contributed by atoms with E-state index < -0.39 is 23.3 Å². The van der Waals surface area contributed by atoms with Crippen molar-refractivity contribution < 1.29 is 20.0 Å². The fourth-order valence-corrected chi connectivity index (χ4v) is 2.84. The summed E-state index contributed by atoms with van der Waals surface area (Å²) in [5.74, 6) is -0.235. The topological polar surface area (TPSA) is 163 Å². The van der Waals surface area contributed by atoms with Gasteiger partial charge in [-0.15, -0.1) is 0 Å². The van der Waals surface area contributed by atoms with Crippen molar-refractivity contribution in [1.29, 1.82) is 5.41 Å². The zero-order valence-corrected chi connectivity index (χ0v) is 11.4. The molecule has 1 fully saturated rings. The Kier molecular flexibility index (Phi) is 3.35. The highest BCUT2D eigenvalue weighted by atomic mass is 16.7. The predicted octanol–water partition coefficient (Wildman–Crippen LogP) is -0.746. The first-order valence-electron chi connectivity index (χ1n) is 6.60. The molecule has 2 aromatic heterocycles. The molecule has 3 rings (SSSR count). The Morgan fingerprint density at radius 3 is 2.95 bits per heavy atom. The smallest absolute Gasteiger partial charge is 0.203 e. The van der Waals surface area contributed by atoms with E-state index in [4.69, 9.17) is 21.0 Å². The largest absolute Gasteiger partial charge is 0.394 e. The third-order valence-corrected chi connectivity index (χ3v) is 3.88. The number of aromatic nitrogens is 2. The van der Waals surface area contributed by atoms with Crippen LogP contribution in [-0.2, 0) is 4.74 Å². The van der Waals surface area contributed by atoms with Crippen LogP contribution in [0.1, 0.15) is 18.1 Å². The van der Waals surface area contributed by atoms with E-state index in [1.807, 2.05) is 0 Å². The zero-order chi connectivity index (χ0) is 16.0. The third-order valence-electron chi connectivity index (χ3n) is 3.88. The molecule has 10 nitrogen and oxygen atoms in total. The van der Waals surface area contributed by atoms with E-state index in [0.717, 1.165) is 0 Å². The number of nitro groups is 1. The SMILES string of the molecule is N=c1c2cc[nH]c2c([C@@H]2C[C@H](O)[C@@H](CO)O2)c(N)n1[N+](=O)[O-]. The van der Waals surface area contributed by atoms with E-state index in [0.29, 0.717) is 21.1 Å². The fraction of sp³-hybridized carbons (Fsp3) is 0.417. The highest BCUT2D eigenvalue weighted by Gasteiger charge is 2.38. The fourth-order valence-electron chi connectivity index (χ4n) is 2.84. The van der Waals surface area contributed by atoms with Crippen LogP contribution in [0.4, 0.5) is 5.82 Å². The Hall–Kier alpha value is -2.43. The van der Waals surface area contributed by atoms with Crippen LogP contribution in [0.25, 0.3) is 10.9 Å². The molecule has 0 spiro atoms. The summed E-state index contributed by atoms with van der Waals surface area (Å²) in [5, 5.41) is 37.7. The number of nitrogens with zero attached hydrogens (tertiary/aromatic N) is 2. The lowest BCUT2D eigenvalue weighted by atomic mass is 10.0. The van der Waals surface area contributed by atoms with Gasteiger partial charge in [-0.05, 0) is 10.7 Å². The molecule has 118 valence electrons. The van der Waals surface area contributed by atoms with E-state index in [2.05, 4.69) is 4.98 Å². The number of anilines is 1. The van der Waals surface area contributed by atoms with Crippen LogP contribution < -0.4 is 11.2 Å². The lowest BCUT2D eigenvalue weighted by Crippen LogP contribution is -2.30. The average Bonchev–Trinajstić information content (AvgIpc) is 3.05. The first-order valence-corrected chi connectivity index (χ1v) is 6.60. The molecule has 0 aromatic carbocycles. The molecule has 0 saturated carbocycles. The van der Waals surface area contributed by atoms with Gasteiger partial charge in [-0.1, -0.05) is 0 Å². The number of aromatic amines is 1. The Morgan fingerprint density at radius 2 is 2.36 bits per heavy atom. The summed E-state index contributed by atoms with van der Waals surface area (Å²) >= 11 is 0. The lowest BCUT2D eigenvalue weighted by Gasteiger charge is -2.16. The number of fused-ring (bicyclic) bond motifs is 1. The average molecular weight is 309 g/mol. The number of hydrogen-bond donors (Lipinski definition) is 5. The molecule has 3 atom stereocenters.